The van der Waals surface area contributed by atoms with E-state index in [4.69, 9.17) is 5.73 Å². The first-order chi connectivity index (χ1) is 15.4. The predicted molar refractivity (Wildman–Crippen MR) is 124 cm³/mol. The van der Waals surface area contributed by atoms with Gasteiger partial charge in [0.25, 0.3) is 0 Å². The highest BCUT2D eigenvalue weighted by atomic mass is 32.1. The van der Waals surface area contributed by atoms with Crippen molar-refractivity contribution in [2.75, 3.05) is 30.8 Å². The average Bonchev–Trinajstić information content (AvgIpc) is 3.40. The van der Waals surface area contributed by atoms with Crippen molar-refractivity contribution in [1.82, 2.24) is 9.55 Å². The molecule has 1 atom stereocenters. The summed E-state index contributed by atoms with van der Waals surface area (Å²) in [6.07, 6.45) is 3.59. The molecule has 9 heteroatoms. The van der Waals surface area contributed by atoms with Crippen LogP contribution in [0.25, 0.3) is 0 Å². The van der Waals surface area contributed by atoms with Gasteiger partial charge < -0.3 is 19.9 Å². The van der Waals surface area contributed by atoms with Gasteiger partial charge in [0.2, 0.25) is 0 Å². The molecule has 7 nitrogen and oxygen atoms in total. The van der Waals surface area contributed by atoms with Crippen LogP contribution in [0, 0.1) is 6.92 Å². The average molecular weight is 459 g/mol. The summed E-state index contributed by atoms with van der Waals surface area (Å²) in [7, 11) is 1.35. The maximum absolute atomic E-state index is 13.5. The fraction of sp³-hybridized carbons (Fsp3) is 0.348. The Morgan fingerprint density at radius 3 is 2.78 bits per heavy atom. The topological polar surface area (TPSA) is 90.4 Å². The summed E-state index contributed by atoms with van der Waals surface area (Å²) < 4.78 is 19.9. The number of ether oxygens (including phenoxy) is 1. The van der Waals surface area contributed by atoms with E-state index in [0.29, 0.717) is 36.5 Å². The standard InChI is InChI=1S/C15H18FN3OS.C8H9NO2/c1-11-5-14(9-20)19(6-11)8-13-10-21-15(17-13)18-4-2-3-12(16)7-18;1-11-8(10)6-2-4-7(9)5-3-6/h5-6,9-10,12H,2-4,7-8H2,1H3;2-5H,9H2,1H3. The Hall–Kier alpha value is -3.20. The van der Waals surface area contributed by atoms with Crippen molar-refractivity contribution in [3.8, 4) is 0 Å². The van der Waals surface area contributed by atoms with Crippen LogP contribution in [0.5, 0.6) is 0 Å². The predicted octanol–water partition coefficient (Wildman–Crippen LogP) is 4.11. The molecule has 2 aromatic heterocycles. The van der Waals surface area contributed by atoms with Crippen molar-refractivity contribution in [1.29, 1.82) is 0 Å². The van der Waals surface area contributed by atoms with Gasteiger partial charge in [-0.3, -0.25) is 4.79 Å². The van der Waals surface area contributed by atoms with E-state index < -0.39 is 6.17 Å². The van der Waals surface area contributed by atoms with Gasteiger partial charge >= 0.3 is 5.97 Å². The number of benzene rings is 1. The van der Waals surface area contributed by atoms with E-state index >= 15 is 0 Å². The number of nitrogens with two attached hydrogens (primary N) is 1. The molecular formula is C23H27FN4O3S. The van der Waals surface area contributed by atoms with Crippen LogP contribution in [0.3, 0.4) is 0 Å². The number of nitrogen functional groups attached to an aromatic ring is 1. The lowest BCUT2D eigenvalue weighted by Gasteiger charge is -2.28. The number of aryl methyl sites for hydroxylation is 1. The normalized spacial score (nSPS) is 15.6. The summed E-state index contributed by atoms with van der Waals surface area (Å²) in [5.74, 6) is -0.343. The number of hydrogen-bond acceptors (Lipinski definition) is 7. The maximum atomic E-state index is 13.5. The maximum Gasteiger partial charge on any atom is 0.337 e. The first-order valence-corrected chi connectivity index (χ1v) is 11.2. The van der Waals surface area contributed by atoms with Gasteiger partial charge in [-0.1, -0.05) is 0 Å². The van der Waals surface area contributed by atoms with E-state index in [1.165, 1.54) is 7.11 Å². The van der Waals surface area contributed by atoms with Crippen molar-refractivity contribution in [3.63, 3.8) is 0 Å². The van der Waals surface area contributed by atoms with Gasteiger partial charge in [0.1, 0.15) is 6.17 Å². The third kappa shape index (κ3) is 6.16. The van der Waals surface area contributed by atoms with Gasteiger partial charge in [-0.25, -0.2) is 14.2 Å². The second kappa shape index (κ2) is 10.9. The van der Waals surface area contributed by atoms with Crippen molar-refractivity contribution < 1.29 is 18.7 Å². The Balaban J connectivity index is 0.000000222. The number of hydrogen-bond donors (Lipinski definition) is 1. The van der Waals surface area contributed by atoms with Crippen LogP contribution < -0.4 is 10.6 Å². The fourth-order valence-corrected chi connectivity index (χ4v) is 4.29. The fourth-order valence-electron chi connectivity index (χ4n) is 3.44. The third-order valence-electron chi connectivity index (χ3n) is 5.03. The second-order valence-corrected chi connectivity index (χ2v) is 8.45. The van der Waals surface area contributed by atoms with E-state index in [1.807, 2.05) is 34.0 Å². The van der Waals surface area contributed by atoms with Crippen LogP contribution in [0.1, 0.15) is 44.9 Å². The van der Waals surface area contributed by atoms with Gasteiger partial charge in [0, 0.05) is 23.8 Å². The SMILES string of the molecule is COC(=O)c1ccc(N)cc1.Cc1cc(C=O)n(Cc2csc(N3CCCC(F)C3)n2)c1. The van der Waals surface area contributed by atoms with E-state index in [0.717, 1.165) is 35.6 Å². The van der Waals surface area contributed by atoms with Crippen molar-refractivity contribution in [2.45, 2.75) is 32.5 Å². The lowest BCUT2D eigenvalue weighted by molar-refractivity contribution is 0.0600. The van der Waals surface area contributed by atoms with Crippen LogP contribution >= 0.6 is 11.3 Å². The molecule has 0 bridgehead atoms. The minimum absolute atomic E-state index is 0.343. The van der Waals surface area contributed by atoms with Crippen LogP contribution in [-0.2, 0) is 11.3 Å². The summed E-state index contributed by atoms with van der Waals surface area (Å²) in [6, 6.07) is 8.43. The van der Waals surface area contributed by atoms with Crippen LogP contribution in [0.4, 0.5) is 15.2 Å². The molecule has 2 N–H and O–H groups in total. The largest absolute Gasteiger partial charge is 0.465 e. The van der Waals surface area contributed by atoms with Crippen molar-refractivity contribution >= 4 is 34.4 Å². The second-order valence-electron chi connectivity index (χ2n) is 7.61. The summed E-state index contributed by atoms with van der Waals surface area (Å²) in [4.78, 5) is 28.5. The molecule has 0 radical (unpaired) electrons. The molecule has 1 aliphatic heterocycles. The smallest absolute Gasteiger partial charge is 0.337 e. The number of thiazole rings is 1. The van der Waals surface area contributed by atoms with E-state index in [9.17, 15) is 14.0 Å². The van der Waals surface area contributed by atoms with Crippen LogP contribution in [0.15, 0.2) is 41.9 Å². The number of aldehydes is 1. The molecule has 0 spiro atoms. The number of esters is 1. The molecule has 1 aliphatic rings. The Labute approximate surface area is 190 Å². The zero-order chi connectivity index (χ0) is 23.1. The van der Waals surface area contributed by atoms with Crippen molar-refractivity contribution in [3.05, 3.63) is 64.4 Å². The molecule has 1 aromatic carbocycles. The van der Waals surface area contributed by atoms with E-state index in [1.54, 1.807) is 35.6 Å². The molecule has 3 aromatic rings. The monoisotopic (exact) mass is 458 g/mol. The highest BCUT2D eigenvalue weighted by Gasteiger charge is 2.21. The quantitative estimate of drug-likeness (QED) is 0.352. The zero-order valence-corrected chi connectivity index (χ0v) is 19.0. The minimum atomic E-state index is -0.750. The number of carbonyl (C=O) groups is 2. The summed E-state index contributed by atoms with van der Waals surface area (Å²) in [5, 5.41) is 2.87. The Morgan fingerprint density at radius 1 is 1.38 bits per heavy atom. The number of anilines is 2. The molecule has 3 heterocycles. The Kier molecular flexibility index (Phi) is 7.99. The van der Waals surface area contributed by atoms with Gasteiger partial charge in [-0.15, -0.1) is 11.3 Å². The van der Waals surface area contributed by atoms with Gasteiger partial charge in [-0.2, -0.15) is 0 Å². The number of halogens is 1. The molecule has 32 heavy (non-hydrogen) atoms. The van der Waals surface area contributed by atoms with Crippen molar-refractivity contribution in [2.24, 2.45) is 0 Å². The van der Waals surface area contributed by atoms with E-state index in [-0.39, 0.29) is 5.97 Å². The summed E-state index contributed by atoms with van der Waals surface area (Å²) in [6.45, 7) is 3.85. The number of alkyl halides is 1. The summed E-state index contributed by atoms with van der Waals surface area (Å²) >= 11 is 1.54. The molecule has 1 unspecified atom stereocenters. The zero-order valence-electron chi connectivity index (χ0n) is 18.2. The molecule has 0 amide bonds. The Bertz CT molecular complexity index is 1050. The third-order valence-corrected chi connectivity index (χ3v) is 5.98. The number of aromatic nitrogens is 2. The Morgan fingerprint density at radius 2 is 2.12 bits per heavy atom. The van der Waals surface area contributed by atoms with Crippen LogP contribution in [-0.4, -0.2) is 48.2 Å². The lowest BCUT2D eigenvalue weighted by Crippen LogP contribution is -2.36. The highest BCUT2D eigenvalue weighted by Crippen LogP contribution is 2.25. The highest BCUT2D eigenvalue weighted by molar-refractivity contribution is 7.13. The molecule has 1 fully saturated rings. The molecule has 0 saturated carbocycles. The molecular weight excluding hydrogens is 431 g/mol. The first-order valence-electron chi connectivity index (χ1n) is 10.3. The molecule has 1 saturated heterocycles. The number of methoxy groups -OCH3 is 1. The molecule has 170 valence electrons. The molecule has 4 rings (SSSR count). The number of rotatable bonds is 5. The van der Waals surface area contributed by atoms with Gasteiger partial charge in [0.05, 0.1) is 37.2 Å². The number of piperidine rings is 1. The summed E-state index contributed by atoms with van der Waals surface area (Å²) in [5.41, 5.74) is 9.20. The minimum Gasteiger partial charge on any atom is -0.465 e. The number of carbonyl (C=O) groups excluding carboxylic acids is 2. The lowest BCUT2D eigenvalue weighted by atomic mass is 10.1. The van der Waals surface area contributed by atoms with E-state index in [2.05, 4.69) is 9.72 Å². The molecule has 0 aliphatic carbocycles. The van der Waals surface area contributed by atoms with Gasteiger partial charge in [0.15, 0.2) is 11.4 Å². The van der Waals surface area contributed by atoms with Gasteiger partial charge in [-0.05, 0) is 55.7 Å². The number of nitrogens with zero attached hydrogens (tertiary/aromatic N) is 3. The first kappa shape index (κ1) is 23.5. The van der Waals surface area contributed by atoms with Crippen LogP contribution in [0.2, 0.25) is 0 Å².